The molecule has 0 radical (unpaired) electrons. The van der Waals surface area contributed by atoms with Crippen LogP contribution in [0.5, 0.6) is 0 Å². The van der Waals surface area contributed by atoms with E-state index in [2.05, 4.69) is 5.32 Å². The van der Waals surface area contributed by atoms with Crippen LogP contribution in [0.1, 0.15) is 17.2 Å². The summed E-state index contributed by atoms with van der Waals surface area (Å²) in [4.78, 5) is 10.6. The first-order valence-electron chi connectivity index (χ1n) is 4.86. The third kappa shape index (κ3) is 2.20. The summed E-state index contributed by atoms with van der Waals surface area (Å²) in [5, 5.41) is 12.3. The zero-order valence-corrected chi connectivity index (χ0v) is 8.87. The number of carbonyl (C=O) groups excluding carboxylic acids is 1. The number of aliphatic hydroxyl groups is 1. The molecule has 3 nitrogen and oxygen atoms in total. The van der Waals surface area contributed by atoms with Crippen LogP contribution >= 0.6 is 11.6 Å². The highest BCUT2D eigenvalue weighted by Crippen LogP contribution is 2.30. The Morgan fingerprint density at radius 2 is 2.27 bits per heavy atom. The first-order valence-corrected chi connectivity index (χ1v) is 5.24. The maximum Gasteiger partial charge on any atom is 0.235 e. The summed E-state index contributed by atoms with van der Waals surface area (Å²) >= 11 is 5.25. The second-order valence-corrected chi connectivity index (χ2v) is 4.11. The van der Waals surface area contributed by atoms with E-state index in [1.807, 2.05) is 24.3 Å². The molecular weight excluding hydrogens is 214 g/mol. The number of halogens is 1. The quantitative estimate of drug-likeness (QED) is 0.755. The van der Waals surface area contributed by atoms with Crippen LogP contribution in [0.2, 0.25) is 0 Å². The molecule has 0 unspecified atom stereocenters. The van der Waals surface area contributed by atoms with Crippen molar-refractivity contribution in [1.82, 2.24) is 5.32 Å². The summed E-state index contributed by atoms with van der Waals surface area (Å²) in [6.45, 7) is 0.0810. The Labute approximate surface area is 93.1 Å². The molecule has 0 heterocycles. The van der Waals surface area contributed by atoms with Crippen molar-refractivity contribution in [3.05, 3.63) is 35.4 Å². The first kappa shape index (κ1) is 10.6. The van der Waals surface area contributed by atoms with Crippen LogP contribution in [0.25, 0.3) is 0 Å². The maximum atomic E-state index is 10.6. The van der Waals surface area contributed by atoms with E-state index in [-0.39, 0.29) is 12.6 Å². The van der Waals surface area contributed by atoms with E-state index in [4.69, 9.17) is 11.6 Å². The van der Waals surface area contributed by atoms with Crippen LogP contribution in [-0.2, 0) is 11.2 Å². The number of hydrogen-bond donors (Lipinski definition) is 2. The van der Waals surface area contributed by atoms with Crippen LogP contribution in [0.4, 0.5) is 0 Å². The number of fused-ring (bicyclic) bond motifs is 1. The van der Waals surface area contributed by atoms with Gasteiger partial charge in [0.25, 0.3) is 0 Å². The third-order valence-electron chi connectivity index (χ3n) is 2.66. The summed E-state index contributed by atoms with van der Waals surface area (Å²) in [5.41, 5.74) is 2.19. The highest BCUT2D eigenvalue weighted by atomic mass is 35.5. The summed E-state index contributed by atoms with van der Waals surface area (Å²) in [5.74, 6) is 0. The van der Waals surface area contributed by atoms with Gasteiger partial charge < -0.3 is 5.11 Å². The topological polar surface area (TPSA) is 49.3 Å². The van der Waals surface area contributed by atoms with Crippen molar-refractivity contribution in [1.29, 1.82) is 0 Å². The van der Waals surface area contributed by atoms with Gasteiger partial charge in [0.05, 0.1) is 18.7 Å². The van der Waals surface area contributed by atoms with Gasteiger partial charge in [0.15, 0.2) is 0 Å². The number of carbonyl (C=O) groups is 1. The molecule has 0 fully saturated rings. The Kier molecular flexibility index (Phi) is 3.05. The van der Waals surface area contributed by atoms with Crippen molar-refractivity contribution < 1.29 is 9.90 Å². The molecule has 0 spiro atoms. The molecule has 0 saturated heterocycles. The Hall–Kier alpha value is -0.900. The molecule has 80 valence electrons. The standard InChI is InChI=1S/C11H12ClNO2/c12-10(15)6-13-11-8-4-2-1-3-7(8)5-9(11)14/h1-4,9,11,13-14H,5-6H2/t9-,11-/m1/s1. The fourth-order valence-electron chi connectivity index (χ4n) is 2.01. The van der Waals surface area contributed by atoms with Crippen molar-refractivity contribution in [3.8, 4) is 0 Å². The highest BCUT2D eigenvalue weighted by molar-refractivity contribution is 6.64. The molecule has 1 aliphatic carbocycles. The van der Waals surface area contributed by atoms with E-state index in [0.29, 0.717) is 6.42 Å². The van der Waals surface area contributed by atoms with Crippen molar-refractivity contribution >= 4 is 16.8 Å². The Morgan fingerprint density at radius 3 is 3.00 bits per heavy atom. The second-order valence-electron chi connectivity index (χ2n) is 3.68. The lowest BCUT2D eigenvalue weighted by Gasteiger charge is -2.16. The molecule has 2 rings (SSSR count). The number of hydrogen-bond acceptors (Lipinski definition) is 3. The average Bonchev–Trinajstić information content (AvgIpc) is 2.50. The van der Waals surface area contributed by atoms with Gasteiger partial charge in [-0.3, -0.25) is 10.1 Å². The van der Waals surface area contributed by atoms with Crippen LogP contribution in [-0.4, -0.2) is 23.0 Å². The molecule has 0 bridgehead atoms. The molecule has 4 heteroatoms. The molecule has 1 aliphatic rings. The molecule has 2 N–H and O–H groups in total. The van der Waals surface area contributed by atoms with Gasteiger partial charge in [-0.25, -0.2) is 0 Å². The van der Waals surface area contributed by atoms with Crippen LogP contribution in [0, 0.1) is 0 Å². The van der Waals surface area contributed by atoms with Gasteiger partial charge in [0.1, 0.15) is 0 Å². The van der Waals surface area contributed by atoms with Crippen molar-refractivity contribution in [2.45, 2.75) is 18.6 Å². The maximum absolute atomic E-state index is 10.6. The van der Waals surface area contributed by atoms with Gasteiger partial charge in [-0.15, -0.1) is 0 Å². The van der Waals surface area contributed by atoms with E-state index in [9.17, 15) is 9.90 Å². The monoisotopic (exact) mass is 225 g/mol. The van der Waals surface area contributed by atoms with Crippen molar-refractivity contribution in [3.63, 3.8) is 0 Å². The van der Waals surface area contributed by atoms with Gasteiger partial charge >= 0.3 is 0 Å². The van der Waals surface area contributed by atoms with E-state index in [1.54, 1.807) is 0 Å². The smallest absolute Gasteiger partial charge is 0.235 e. The summed E-state index contributed by atoms with van der Waals surface area (Å²) in [6, 6.07) is 7.64. The summed E-state index contributed by atoms with van der Waals surface area (Å²) in [7, 11) is 0. The van der Waals surface area contributed by atoms with Crippen LogP contribution < -0.4 is 5.32 Å². The Bertz CT molecular complexity index is 381. The lowest BCUT2D eigenvalue weighted by Crippen LogP contribution is -2.31. The zero-order valence-electron chi connectivity index (χ0n) is 8.11. The molecule has 2 atom stereocenters. The number of rotatable bonds is 3. The fourth-order valence-corrected chi connectivity index (χ4v) is 2.09. The minimum Gasteiger partial charge on any atom is -0.391 e. The van der Waals surface area contributed by atoms with Gasteiger partial charge in [0.2, 0.25) is 5.24 Å². The molecule has 0 aromatic heterocycles. The molecule has 0 aliphatic heterocycles. The lowest BCUT2D eigenvalue weighted by atomic mass is 10.1. The minimum absolute atomic E-state index is 0.0810. The predicted molar refractivity (Wildman–Crippen MR) is 57.8 cm³/mol. The predicted octanol–water partition coefficient (Wildman–Crippen LogP) is 1.000. The number of benzene rings is 1. The fraction of sp³-hybridized carbons (Fsp3) is 0.364. The lowest BCUT2D eigenvalue weighted by molar-refractivity contribution is -0.111. The van der Waals surface area contributed by atoms with E-state index in [1.165, 1.54) is 0 Å². The SMILES string of the molecule is O=C(Cl)CN[C@@H]1c2ccccc2C[C@H]1O. The zero-order chi connectivity index (χ0) is 10.8. The van der Waals surface area contributed by atoms with Gasteiger partial charge in [-0.2, -0.15) is 0 Å². The average molecular weight is 226 g/mol. The number of aliphatic hydroxyl groups excluding tert-OH is 1. The summed E-state index contributed by atoms with van der Waals surface area (Å²) < 4.78 is 0. The molecule has 1 aromatic rings. The van der Waals surface area contributed by atoms with Crippen LogP contribution in [0.3, 0.4) is 0 Å². The molecule has 15 heavy (non-hydrogen) atoms. The van der Waals surface area contributed by atoms with Gasteiger partial charge in [-0.1, -0.05) is 24.3 Å². The molecule has 1 aromatic carbocycles. The van der Waals surface area contributed by atoms with Crippen LogP contribution in [0.15, 0.2) is 24.3 Å². The normalized spacial score (nSPS) is 23.9. The summed E-state index contributed by atoms with van der Waals surface area (Å²) in [6.07, 6.45) is 0.156. The van der Waals surface area contributed by atoms with E-state index in [0.717, 1.165) is 11.1 Å². The molecule has 0 amide bonds. The minimum atomic E-state index is -0.474. The van der Waals surface area contributed by atoms with E-state index >= 15 is 0 Å². The van der Waals surface area contributed by atoms with Gasteiger partial charge in [-0.05, 0) is 22.7 Å². The first-order chi connectivity index (χ1) is 7.18. The Morgan fingerprint density at radius 1 is 1.53 bits per heavy atom. The molecular formula is C11H12ClNO2. The van der Waals surface area contributed by atoms with Crippen molar-refractivity contribution in [2.24, 2.45) is 0 Å². The van der Waals surface area contributed by atoms with Crippen molar-refractivity contribution in [2.75, 3.05) is 6.54 Å². The second kappa shape index (κ2) is 4.31. The largest absolute Gasteiger partial charge is 0.391 e. The highest BCUT2D eigenvalue weighted by Gasteiger charge is 2.30. The third-order valence-corrected chi connectivity index (χ3v) is 2.80. The number of nitrogens with one attached hydrogen (secondary N) is 1. The Balaban J connectivity index is 2.15. The molecule has 0 saturated carbocycles. The van der Waals surface area contributed by atoms with E-state index < -0.39 is 11.3 Å². The van der Waals surface area contributed by atoms with Gasteiger partial charge in [0, 0.05) is 6.42 Å².